The van der Waals surface area contributed by atoms with Crippen molar-refractivity contribution in [2.45, 2.75) is 6.42 Å². The van der Waals surface area contributed by atoms with E-state index in [4.69, 9.17) is 0 Å². The topological polar surface area (TPSA) is 46.2 Å². The van der Waals surface area contributed by atoms with Gasteiger partial charge in [-0.05, 0) is 23.8 Å². The maximum Gasteiger partial charge on any atom is 0.247 e. The second kappa shape index (κ2) is 4.97. The number of anilines is 1. The molecule has 0 unspecified atom stereocenters. The largest absolute Gasteiger partial charge is 0.323 e. The summed E-state index contributed by atoms with van der Waals surface area (Å²) in [6, 6.07) is 7.14. The predicted octanol–water partition coefficient (Wildman–Crippen LogP) is 1.55. The van der Waals surface area contributed by atoms with E-state index in [0.29, 0.717) is 12.1 Å². The van der Waals surface area contributed by atoms with Crippen molar-refractivity contribution in [3.63, 3.8) is 0 Å². The van der Waals surface area contributed by atoms with Crippen LogP contribution >= 0.6 is 0 Å². The summed E-state index contributed by atoms with van der Waals surface area (Å²) in [6.45, 7) is 3.35. The van der Waals surface area contributed by atoms with Crippen LogP contribution in [0.4, 0.5) is 5.69 Å². The van der Waals surface area contributed by atoms with Crippen molar-refractivity contribution < 1.29 is 9.59 Å². The van der Waals surface area contributed by atoms with E-state index in [9.17, 15) is 9.59 Å². The number of rotatable bonds is 4. The summed E-state index contributed by atoms with van der Waals surface area (Å²) >= 11 is 0. The fraction of sp³-hybridized carbons (Fsp3) is 0.0909. The van der Waals surface area contributed by atoms with Crippen LogP contribution in [0.2, 0.25) is 0 Å². The number of hydrogen-bond acceptors (Lipinski definition) is 2. The molecule has 0 radical (unpaired) electrons. The Morgan fingerprint density at radius 3 is 2.93 bits per heavy atom. The van der Waals surface area contributed by atoms with Crippen LogP contribution in [0.15, 0.2) is 36.9 Å². The molecule has 0 spiro atoms. The fourth-order valence-electron chi connectivity index (χ4n) is 1.07. The standard InChI is InChI=1S/C11H11NO2/c1-2-11(14)12-10-5-3-4-9(8-10)6-7-13/h2-5,7-8H,1,6H2,(H,12,14). The zero-order valence-electron chi connectivity index (χ0n) is 7.69. The van der Waals surface area contributed by atoms with Gasteiger partial charge in [0.15, 0.2) is 0 Å². The molecule has 0 fully saturated rings. The molecule has 0 saturated carbocycles. The molecule has 0 atom stereocenters. The minimum absolute atomic E-state index is 0.256. The molecule has 3 heteroatoms. The van der Waals surface area contributed by atoms with Crippen LogP contribution in [0.5, 0.6) is 0 Å². The first-order valence-electron chi connectivity index (χ1n) is 4.22. The molecule has 1 N–H and O–H groups in total. The molecule has 72 valence electrons. The molecule has 0 heterocycles. The zero-order chi connectivity index (χ0) is 10.4. The molecular weight excluding hydrogens is 178 g/mol. The highest BCUT2D eigenvalue weighted by molar-refractivity contribution is 5.98. The molecule has 1 aromatic rings. The van der Waals surface area contributed by atoms with Crippen molar-refractivity contribution in [3.8, 4) is 0 Å². The van der Waals surface area contributed by atoms with Crippen molar-refractivity contribution in [2.75, 3.05) is 5.32 Å². The lowest BCUT2D eigenvalue weighted by Crippen LogP contribution is -2.07. The molecule has 0 aromatic heterocycles. The van der Waals surface area contributed by atoms with Crippen LogP contribution in [-0.2, 0) is 16.0 Å². The first-order chi connectivity index (χ1) is 6.76. The number of benzene rings is 1. The van der Waals surface area contributed by atoms with Gasteiger partial charge in [-0.3, -0.25) is 4.79 Å². The summed E-state index contributed by atoms with van der Waals surface area (Å²) in [7, 11) is 0. The van der Waals surface area contributed by atoms with Crippen LogP contribution in [0.25, 0.3) is 0 Å². The average molecular weight is 189 g/mol. The lowest BCUT2D eigenvalue weighted by molar-refractivity contribution is -0.112. The first kappa shape index (κ1) is 10.2. The van der Waals surface area contributed by atoms with Gasteiger partial charge < -0.3 is 10.1 Å². The van der Waals surface area contributed by atoms with Crippen LogP contribution < -0.4 is 5.32 Å². The molecule has 0 aliphatic rings. The van der Waals surface area contributed by atoms with Crippen molar-refractivity contribution >= 4 is 17.9 Å². The second-order valence-corrected chi connectivity index (χ2v) is 2.76. The summed E-state index contributed by atoms with van der Waals surface area (Å²) in [5.41, 5.74) is 1.55. The number of aldehydes is 1. The van der Waals surface area contributed by atoms with E-state index in [1.807, 2.05) is 6.07 Å². The Labute approximate surface area is 82.4 Å². The Balaban J connectivity index is 2.77. The molecule has 0 aliphatic heterocycles. The van der Waals surface area contributed by atoms with Crippen LogP contribution in [0, 0.1) is 0 Å². The molecular formula is C11H11NO2. The minimum atomic E-state index is -0.256. The highest BCUT2D eigenvalue weighted by Gasteiger charge is 1.97. The summed E-state index contributed by atoms with van der Waals surface area (Å²) in [6.07, 6.45) is 2.39. The van der Waals surface area contributed by atoms with Crippen LogP contribution in [0.3, 0.4) is 0 Å². The van der Waals surface area contributed by atoms with Gasteiger partial charge in [0.1, 0.15) is 6.29 Å². The predicted molar refractivity (Wildman–Crippen MR) is 55.0 cm³/mol. The Morgan fingerprint density at radius 1 is 1.50 bits per heavy atom. The Hall–Kier alpha value is -1.90. The highest BCUT2D eigenvalue weighted by Crippen LogP contribution is 2.10. The molecule has 1 amide bonds. The summed E-state index contributed by atoms with van der Waals surface area (Å²) in [5, 5.41) is 2.62. The van der Waals surface area contributed by atoms with Crippen molar-refractivity contribution in [3.05, 3.63) is 42.5 Å². The van der Waals surface area contributed by atoms with Crippen LogP contribution in [0.1, 0.15) is 5.56 Å². The smallest absolute Gasteiger partial charge is 0.247 e. The van der Waals surface area contributed by atoms with Crippen molar-refractivity contribution in [2.24, 2.45) is 0 Å². The minimum Gasteiger partial charge on any atom is -0.323 e. The van der Waals surface area contributed by atoms with Gasteiger partial charge >= 0.3 is 0 Å². The molecule has 3 nitrogen and oxygen atoms in total. The van der Waals surface area contributed by atoms with E-state index >= 15 is 0 Å². The fourth-order valence-corrected chi connectivity index (χ4v) is 1.07. The molecule has 0 bridgehead atoms. The quantitative estimate of drug-likeness (QED) is 0.577. The number of carbonyl (C=O) groups is 2. The highest BCUT2D eigenvalue weighted by atomic mass is 16.1. The summed E-state index contributed by atoms with van der Waals surface area (Å²) in [4.78, 5) is 21.2. The average Bonchev–Trinajstić information content (AvgIpc) is 2.19. The molecule has 0 saturated heterocycles. The number of carbonyl (C=O) groups excluding carboxylic acids is 2. The normalized spacial score (nSPS) is 9.14. The summed E-state index contributed by atoms with van der Waals surface area (Å²) in [5.74, 6) is -0.256. The zero-order valence-corrected chi connectivity index (χ0v) is 7.69. The lowest BCUT2D eigenvalue weighted by Gasteiger charge is -2.03. The lowest BCUT2D eigenvalue weighted by atomic mass is 10.1. The second-order valence-electron chi connectivity index (χ2n) is 2.76. The third kappa shape index (κ3) is 2.86. The van der Waals surface area contributed by atoms with E-state index in [0.717, 1.165) is 11.8 Å². The van der Waals surface area contributed by atoms with Crippen molar-refractivity contribution in [1.29, 1.82) is 0 Å². The number of amides is 1. The van der Waals surface area contributed by atoms with E-state index in [2.05, 4.69) is 11.9 Å². The SMILES string of the molecule is C=CC(=O)Nc1cccc(CC=O)c1. The van der Waals surface area contributed by atoms with E-state index in [1.54, 1.807) is 18.2 Å². The Bertz CT molecular complexity index is 358. The Morgan fingerprint density at radius 2 is 2.29 bits per heavy atom. The van der Waals surface area contributed by atoms with Gasteiger partial charge in [0.05, 0.1) is 0 Å². The van der Waals surface area contributed by atoms with E-state index < -0.39 is 0 Å². The van der Waals surface area contributed by atoms with Crippen LogP contribution in [-0.4, -0.2) is 12.2 Å². The van der Waals surface area contributed by atoms with Gasteiger partial charge in [-0.1, -0.05) is 18.7 Å². The van der Waals surface area contributed by atoms with Gasteiger partial charge in [0.25, 0.3) is 0 Å². The maximum atomic E-state index is 11.0. The summed E-state index contributed by atoms with van der Waals surface area (Å²) < 4.78 is 0. The molecule has 0 aliphatic carbocycles. The van der Waals surface area contributed by atoms with Gasteiger partial charge in [-0.2, -0.15) is 0 Å². The third-order valence-corrected chi connectivity index (χ3v) is 1.70. The van der Waals surface area contributed by atoms with Gasteiger partial charge in [-0.25, -0.2) is 0 Å². The third-order valence-electron chi connectivity index (χ3n) is 1.70. The monoisotopic (exact) mass is 189 g/mol. The first-order valence-corrected chi connectivity index (χ1v) is 4.22. The number of hydrogen-bond donors (Lipinski definition) is 1. The van der Waals surface area contributed by atoms with Gasteiger partial charge in [0, 0.05) is 12.1 Å². The number of nitrogens with one attached hydrogen (secondary N) is 1. The molecule has 1 aromatic carbocycles. The molecule has 1 rings (SSSR count). The van der Waals surface area contributed by atoms with Gasteiger partial charge in [-0.15, -0.1) is 0 Å². The Kier molecular flexibility index (Phi) is 3.61. The van der Waals surface area contributed by atoms with E-state index in [-0.39, 0.29) is 5.91 Å². The molecule has 14 heavy (non-hydrogen) atoms. The maximum absolute atomic E-state index is 11.0. The van der Waals surface area contributed by atoms with E-state index in [1.165, 1.54) is 6.08 Å². The van der Waals surface area contributed by atoms with Gasteiger partial charge in [0.2, 0.25) is 5.91 Å². The van der Waals surface area contributed by atoms with Crippen molar-refractivity contribution in [1.82, 2.24) is 0 Å².